The number of nitrogens with two attached hydrogens (primary N) is 1. The van der Waals surface area contributed by atoms with E-state index in [0.717, 1.165) is 29.9 Å². The number of benzene rings is 2. The van der Waals surface area contributed by atoms with Crippen LogP contribution in [0.2, 0.25) is 0 Å². The largest absolute Gasteiger partial charge is 0.457 e. The SMILES string of the molecule is CC(C)CC[C@H](N)c1cccc(Oc2ccccc2)c1.Cl. The van der Waals surface area contributed by atoms with E-state index in [9.17, 15) is 0 Å². The molecule has 0 spiro atoms. The van der Waals surface area contributed by atoms with Gasteiger partial charge in [0.2, 0.25) is 0 Å². The number of para-hydroxylation sites is 1. The first-order valence-electron chi connectivity index (χ1n) is 7.23. The van der Waals surface area contributed by atoms with Gasteiger partial charge in [0, 0.05) is 6.04 Å². The summed E-state index contributed by atoms with van der Waals surface area (Å²) in [6.45, 7) is 4.45. The Kier molecular flexibility index (Phi) is 7.27. The van der Waals surface area contributed by atoms with Crippen molar-refractivity contribution in [3.05, 3.63) is 60.2 Å². The summed E-state index contributed by atoms with van der Waals surface area (Å²) < 4.78 is 5.84. The fourth-order valence-corrected chi connectivity index (χ4v) is 2.11. The molecule has 0 saturated carbocycles. The van der Waals surface area contributed by atoms with E-state index in [-0.39, 0.29) is 18.4 Å². The zero-order valence-corrected chi connectivity index (χ0v) is 13.5. The molecule has 1 atom stereocenters. The smallest absolute Gasteiger partial charge is 0.127 e. The van der Waals surface area contributed by atoms with Crippen LogP contribution in [0.1, 0.15) is 38.3 Å². The van der Waals surface area contributed by atoms with Crippen LogP contribution in [0.25, 0.3) is 0 Å². The highest BCUT2D eigenvalue weighted by molar-refractivity contribution is 5.85. The summed E-state index contributed by atoms with van der Waals surface area (Å²) in [6, 6.07) is 18.0. The normalized spacial score (nSPS) is 11.8. The minimum atomic E-state index is 0. The number of rotatable bonds is 6. The molecule has 0 bridgehead atoms. The fraction of sp³-hybridized carbons (Fsp3) is 0.333. The quantitative estimate of drug-likeness (QED) is 0.782. The standard InChI is InChI=1S/C18H23NO.ClH/c1-14(2)11-12-18(19)15-7-6-10-17(13-15)20-16-8-4-3-5-9-16;/h3-10,13-14,18H,11-12,19H2,1-2H3;1H/t18-;/m0./s1. The van der Waals surface area contributed by atoms with E-state index in [1.807, 2.05) is 48.5 Å². The summed E-state index contributed by atoms with van der Waals surface area (Å²) in [7, 11) is 0. The molecule has 0 amide bonds. The second-order valence-electron chi connectivity index (χ2n) is 5.57. The molecule has 0 aliphatic rings. The summed E-state index contributed by atoms with van der Waals surface area (Å²) in [6.07, 6.45) is 2.15. The third-order valence-electron chi connectivity index (χ3n) is 3.32. The summed E-state index contributed by atoms with van der Waals surface area (Å²) in [5.74, 6) is 2.37. The number of hydrogen-bond acceptors (Lipinski definition) is 2. The van der Waals surface area contributed by atoms with E-state index in [1.165, 1.54) is 0 Å². The van der Waals surface area contributed by atoms with Gasteiger partial charge in [-0.25, -0.2) is 0 Å². The van der Waals surface area contributed by atoms with E-state index in [0.29, 0.717) is 5.92 Å². The van der Waals surface area contributed by atoms with Gasteiger partial charge in [-0.1, -0.05) is 44.2 Å². The van der Waals surface area contributed by atoms with Crippen LogP contribution in [0.5, 0.6) is 11.5 Å². The predicted molar refractivity (Wildman–Crippen MR) is 91.2 cm³/mol. The van der Waals surface area contributed by atoms with E-state index in [2.05, 4.69) is 19.9 Å². The van der Waals surface area contributed by atoms with Gasteiger partial charge >= 0.3 is 0 Å². The average Bonchev–Trinajstić information content (AvgIpc) is 2.46. The van der Waals surface area contributed by atoms with Crippen molar-refractivity contribution in [2.75, 3.05) is 0 Å². The molecule has 3 heteroatoms. The van der Waals surface area contributed by atoms with Gasteiger partial charge in [-0.3, -0.25) is 0 Å². The maximum Gasteiger partial charge on any atom is 0.127 e. The number of ether oxygens (including phenoxy) is 1. The molecular weight excluding hydrogens is 282 g/mol. The third kappa shape index (κ3) is 5.78. The minimum Gasteiger partial charge on any atom is -0.457 e. The molecule has 2 aromatic carbocycles. The van der Waals surface area contributed by atoms with Crippen LogP contribution < -0.4 is 10.5 Å². The Hall–Kier alpha value is -1.51. The molecule has 0 aliphatic carbocycles. The molecule has 2 aromatic rings. The molecular formula is C18H24ClNO. The maximum absolute atomic E-state index is 6.25. The Bertz CT molecular complexity index is 528. The zero-order chi connectivity index (χ0) is 14.4. The van der Waals surface area contributed by atoms with Crippen molar-refractivity contribution in [3.8, 4) is 11.5 Å². The summed E-state index contributed by atoms with van der Waals surface area (Å²) in [5.41, 5.74) is 7.39. The molecule has 0 unspecified atom stereocenters. The third-order valence-corrected chi connectivity index (χ3v) is 3.32. The van der Waals surface area contributed by atoms with E-state index < -0.39 is 0 Å². The Morgan fingerprint density at radius 1 is 0.905 bits per heavy atom. The molecule has 2 N–H and O–H groups in total. The van der Waals surface area contributed by atoms with Crippen molar-refractivity contribution in [2.45, 2.75) is 32.7 Å². The first kappa shape index (κ1) is 17.5. The summed E-state index contributed by atoms with van der Waals surface area (Å²) in [5, 5.41) is 0. The zero-order valence-electron chi connectivity index (χ0n) is 12.7. The van der Waals surface area contributed by atoms with Crippen LogP contribution >= 0.6 is 12.4 Å². The Morgan fingerprint density at radius 3 is 2.24 bits per heavy atom. The van der Waals surface area contributed by atoms with Gasteiger partial charge in [0.05, 0.1) is 0 Å². The first-order chi connectivity index (χ1) is 9.65. The molecule has 2 rings (SSSR count). The average molecular weight is 306 g/mol. The van der Waals surface area contributed by atoms with Crippen LogP contribution in [0.15, 0.2) is 54.6 Å². The van der Waals surface area contributed by atoms with E-state index in [4.69, 9.17) is 10.5 Å². The van der Waals surface area contributed by atoms with Crippen LogP contribution in [0.4, 0.5) is 0 Å². The second kappa shape index (κ2) is 8.71. The van der Waals surface area contributed by atoms with Crippen LogP contribution in [-0.4, -0.2) is 0 Å². The lowest BCUT2D eigenvalue weighted by atomic mass is 9.98. The first-order valence-corrected chi connectivity index (χ1v) is 7.23. The molecule has 0 radical (unpaired) electrons. The van der Waals surface area contributed by atoms with Gasteiger partial charge in [0.15, 0.2) is 0 Å². The lowest BCUT2D eigenvalue weighted by molar-refractivity contribution is 0.477. The molecule has 21 heavy (non-hydrogen) atoms. The van der Waals surface area contributed by atoms with Gasteiger partial charge in [-0.2, -0.15) is 0 Å². The second-order valence-corrected chi connectivity index (χ2v) is 5.57. The van der Waals surface area contributed by atoms with Crippen molar-refractivity contribution in [1.29, 1.82) is 0 Å². The maximum atomic E-state index is 6.25. The van der Waals surface area contributed by atoms with Crippen LogP contribution in [0, 0.1) is 5.92 Å². The molecule has 0 aromatic heterocycles. The monoisotopic (exact) mass is 305 g/mol. The summed E-state index contributed by atoms with van der Waals surface area (Å²) >= 11 is 0. The topological polar surface area (TPSA) is 35.2 Å². The minimum absolute atomic E-state index is 0. The lowest BCUT2D eigenvalue weighted by Gasteiger charge is -2.15. The Balaban J connectivity index is 0.00000220. The molecule has 2 nitrogen and oxygen atoms in total. The van der Waals surface area contributed by atoms with Gasteiger partial charge in [-0.05, 0) is 48.6 Å². The molecule has 0 aliphatic heterocycles. The summed E-state index contributed by atoms with van der Waals surface area (Å²) in [4.78, 5) is 0. The lowest BCUT2D eigenvalue weighted by Crippen LogP contribution is -2.11. The molecule has 0 heterocycles. The number of hydrogen-bond donors (Lipinski definition) is 1. The van der Waals surface area contributed by atoms with E-state index >= 15 is 0 Å². The molecule has 114 valence electrons. The van der Waals surface area contributed by atoms with Crippen LogP contribution in [0.3, 0.4) is 0 Å². The van der Waals surface area contributed by atoms with Crippen molar-refractivity contribution < 1.29 is 4.74 Å². The molecule has 0 saturated heterocycles. The van der Waals surface area contributed by atoms with Gasteiger partial charge in [0.25, 0.3) is 0 Å². The Morgan fingerprint density at radius 2 is 1.57 bits per heavy atom. The van der Waals surface area contributed by atoms with Crippen molar-refractivity contribution in [1.82, 2.24) is 0 Å². The van der Waals surface area contributed by atoms with Crippen molar-refractivity contribution in [2.24, 2.45) is 11.7 Å². The van der Waals surface area contributed by atoms with E-state index in [1.54, 1.807) is 0 Å². The highest BCUT2D eigenvalue weighted by Crippen LogP contribution is 2.25. The van der Waals surface area contributed by atoms with Crippen molar-refractivity contribution >= 4 is 12.4 Å². The van der Waals surface area contributed by atoms with Crippen molar-refractivity contribution in [3.63, 3.8) is 0 Å². The highest BCUT2D eigenvalue weighted by atomic mass is 35.5. The predicted octanol–water partition coefficient (Wildman–Crippen LogP) is 5.34. The molecule has 0 fully saturated rings. The fourth-order valence-electron chi connectivity index (χ4n) is 2.11. The van der Waals surface area contributed by atoms with Gasteiger partial charge in [0.1, 0.15) is 11.5 Å². The van der Waals surface area contributed by atoms with Gasteiger partial charge in [-0.15, -0.1) is 12.4 Å². The highest BCUT2D eigenvalue weighted by Gasteiger charge is 2.08. The Labute approximate surface area is 133 Å². The van der Waals surface area contributed by atoms with Gasteiger partial charge < -0.3 is 10.5 Å². The van der Waals surface area contributed by atoms with Crippen LogP contribution in [-0.2, 0) is 0 Å². The number of halogens is 1.